The van der Waals surface area contributed by atoms with Crippen LogP contribution in [0.15, 0.2) is 82.2 Å². The van der Waals surface area contributed by atoms with Crippen LogP contribution in [-0.4, -0.2) is 14.3 Å². The molecule has 0 aliphatic carbocycles. The number of para-hydroxylation sites is 2. The second-order valence-electron chi connectivity index (χ2n) is 5.54. The topological polar surface area (TPSA) is 75.3 Å². The molecule has 0 spiro atoms. The summed E-state index contributed by atoms with van der Waals surface area (Å²) >= 11 is 9.33. The van der Waals surface area contributed by atoms with E-state index in [0.717, 1.165) is 4.47 Å². The fourth-order valence-corrected chi connectivity index (χ4v) is 3.87. The van der Waals surface area contributed by atoms with Crippen molar-refractivity contribution in [2.45, 2.75) is 4.90 Å². The largest absolute Gasteiger partial charge is 0.321 e. The van der Waals surface area contributed by atoms with Gasteiger partial charge in [-0.2, -0.15) is 0 Å². The highest BCUT2D eigenvalue weighted by Crippen LogP contribution is 2.25. The van der Waals surface area contributed by atoms with Gasteiger partial charge in [0.15, 0.2) is 0 Å². The Morgan fingerprint density at radius 3 is 2.11 bits per heavy atom. The highest BCUT2D eigenvalue weighted by molar-refractivity contribution is 9.10. The number of rotatable bonds is 5. The Bertz CT molecular complexity index is 1090. The molecule has 5 nitrogen and oxygen atoms in total. The smallest absolute Gasteiger partial charge is 0.261 e. The van der Waals surface area contributed by atoms with Crippen LogP contribution in [-0.2, 0) is 10.0 Å². The van der Waals surface area contributed by atoms with Crippen LogP contribution in [0.3, 0.4) is 0 Å². The molecule has 3 aromatic carbocycles. The molecule has 0 bridgehead atoms. The molecular formula is C19H14BrClN2O3S. The first kappa shape index (κ1) is 19.4. The summed E-state index contributed by atoms with van der Waals surface area (Å²) < 4.78 is 28.5. The molecule has 0 saturated heterocycles. The minimum atomic E-state index is -3.84. The van der Waals surface area contributed by atoms with Crippen LogP contribution in [0.1, 0.15) is 10.4 Å². The fourth-order valence-electron chi connectivity index (χ4n) is 2.34. The van der Waals surface area contributed by atoms with Crippen molar-refractivity contribution in [2.24, 2.45) is 0 Å². The van der Waals surface area contributed by atoms with Gasteiger partial charge in [0.25, 0.3) is 15.9 Å². The van der Waals surface area contributed by atoms with E-state index >= 15 is 0 Å². The highest BCUT2D eigenvalue weighted by atomic mass is 79.9. The van der Waals surface area contributed by atoms with Crippen molar-refractivity contribution in [3.63, 3.8) is 0 Å². The minimum absolute atomic E-state index is 0.0898. The van der Waals surface area contributed by atoms with E-state index in [1.54, 1.807) is 48.5 Å². The van der Waals surface area contributed by atoms with E-state index in [1.807, 2.05) is 0 Å². The average molecular weight is 466 g/mol. The molecule has 0 heterocycles. The molecule has 3 rings (SSSR count). The van der Waals surface area contributed by atoms with E-state index in [2.05, 4.69) is 26.0 Å². The Morgan fingerprint density at radius 1 is 0.852 bits per heavy atom. The van der Waals surface area contributed by atoms with Crippen LogP contribution < -0.4 is 10.0 Å². The Kier molecular flexibility index (Phi) is 5.84. The monoisotopic (exact) mass is 464 g/mol. The third-order valence-corrected chi connectivity index (χ3v) is 5.90. The summed E-state index contributed by atoms with van der Waals surface area (Å²) in [5.41, 5.74) is 0.790. The molecule has 0 saturated carbocycles. The molecule has 2 N–H and O–H groups in total. The number of carbonyl (C=O) groups excluding carboxylic acids is 1. The fraction of sp³-hybridized carbons (Fsp3) is 0. The van der Waals surface area contributed by atoms with Gasteiger partial charge in [0.2, 0.25) is 0 Å². The van der Waals surface area contributed by atoms with Crippen LogP contribution in [0, 0.1) is 0 Å². The number of benzene rings is 3. The van der Waals surface area contributed by atoms with Crippen LogP contribution in [0.25, 0.3) is 0 Å². The van der Waals surface area contributed by atoms with Crippen LogP contribution in [0.5, 0.6) is 0 Å². The first-order valence-corrected chi connectivity index (χ1v) is 10.5. The van der Waals surface area contributed by atoms with Crippen molar-refractivity contribution in [1.29, 1.82) is 0 Å². The highest BCUT2D eigenvalue weighted by Gasteiger charge is 2.19. The summed E-state index contributed by atoms with van der Waals surface area (Å²) in [7, 11) is -3.84. The minimum Gasteiger partial charge on any atom is -0.321 e. The van der Waals surface area contributed by atoms with Crippen LogP contribution >= 0.6 is 27.5 Å². The lowest BCUT2D eigenvalue weighted by molar-refractivity contribution is 0.102. The van der Waals surface area contributed by atoms with Crippen molar-refractivity contribution in [2.75, 3.05) is 10.0 Å². The summed E-state index contributed by atoms with van der Waals surface area (Å²) in [6.07, 6.45) is 0. The van der Waals surface area contributed by atoms with Gasteiger partial charge in [-0.3, -0.25) is 9.52 Å². The van der Waals surface area contributed by atoms with Crippen molar-refractivity contribution >= 4 is 54.8 Å². The van der Waals surface area contributed by atoms with Crippen LogP contribution in [0.2, 0.25) is 5.02 Å². The van der Waals surface area contributed by atoms with Crippen molar-refractivity contribution in [1.82, 2.24) is 0 Å². The van der Waals surface area contributed by atoms with Gasteiger partial charge in [0, 0.05) is 4.47 Å². The molecule has 27 heavy (non-hydrogen) atoms. The van der Waals surface area contributed by atoms with Gasteiger partial charge in [0.05, 0.1) is 26.9 Å². The molecule has 0 unspecified atom stereocenters. The summed E-state index contributed by atoms with van der Waals surface area (Å²) in [6, 6.07) is 19.4. The zero-order valence-corrected chi connectivity index (χ0v) is 17.0. The Balaban J connectivity index is 1.89. The molecule has 1 amide bonds. The molecule has 0 aliphatic heterocycles. The normalized spacial score (nSPS) is 11.0. The number of hydrogen-bond acceptors (Lipinski definition) is 3. The average Bonchev–Trinajstić information content (AvgIpc) is 2.64. The molecule has 0 aliphatic rings. The first-order chi connectivity index (χ1) is 12.9. The number of hydrogen-bond donors (Lipinski definition) is 2. The Morgan fingerprint density at radius 2 is 1.44 bits per heavy atom. The molecule has 0 aromatic heterocycles. The van der Waals surface area contributed by atoms with E-state index in [9.17, 15) is 13.2 Å². The maximum atomic E-state index is 12.6. The number of nitrogens with one attached hydrogen (secondary N) is 2. The van der Waals surface area contributed by atoms with Gasteiger partial charge >= 0.3 is 0 Å². The summed E-state index contributed by atoms with van der Waals surface area (Å²) in [5, 5.41) is 3.08. The zero-order valence-electron chi connectivity index (χ0n) is 13.8. The van der Waals surface area contributed by atoms with Gasteiger partial charge in [-0.05, 0) is 48.5 Å². The molecule has 0 fully saturated rings. The molecular weight excluding hydrogens is 452 g/mol. The Labute approximate surface area is 170 Å². The molecule has 8 heteroatoms. The zero-order chi connectivity index (χ0) is 19.4. The number of anilines is 2. The van der Waals surface area contributed by atoms with Gasteiger partial charge in [0.1, 0.15) is 0 Å². The second kappa shape index (κ2) is 8.12. The van der Waals surface area contributed by atoms with Crippen LogP contribution in [0.4, 0.5) is 11.4 Å². The second-order valence-corrected chi connectivity index (χ2v) is 8.54. The first-order valence-electron chi connectivity index (χ1n) is 7.80. The number of carbonyl (C=O) groups is 1. The van der Waals surface area contributed by atoms with Crippen molar-refractivity contribution in [3.05, 3.63) is 87.9 Å². The SMILES string of the molecule is O=C(Nc1ccccc1Cl)c1ccccc1NS(=O)(=O)c1ccc(Br)cc1. The molecule has 0 atom stereocenters. The third-order valence-electron chi connectivity index (χ3n) is 3.66. The van der Waals surface area contributed by atoms with Gasteiger partial charge < -0.3 is 5.32 Å². The van der Waals surface area contributed by atoms with Gasteiger partial charge in [-0.1, -0.05) is 51.8 Å². The standard InChI is InChI=1S/C19H14BrClN2O3S/c20-13-9-11-14(12-10-13)27(25,26)23-17-7-3-1-5-15(17)19(24)22-18-8-4-2-6-16(18)21/h1-12,23H,(H,22,24). The predicted molar refractivity (Wildman–Crippen MR) is 111 cm³/mol. The number of halogens is 2. The number of sulfonamides is 1. The van der Waals surface area contributed by atoms with E-state index < -0.39 is 15.9 Å². The van der Waals surface area contributed by atoms with Gasteiger partial charge in [-0.15, -0.1) is 0 Å². The lowest BCUT2D eigenvalue weighted by Crippen LogP contribution is -2.18. The quantitative estimate of drug-likeness (QED) is 0.547. The van der Waals surface area contributed by atoms with Crippen molar-refractivity contribution < 1.29 is 13.2 Å². The molecule has 0 radical (unpaired) electrons. The Hall–Kier alpha value is -2.35. The predicted octanol–water partition coefficient (Wildman–Crippen LogP) is 5.16. The molecule has 3 aromatic rings. The lowest BCUT2D eigenvalue weighted by atomic mass is 10.1. The van der Waals surface area contributed by atoms with E-state index in [1.165, 1.54) is 24.3 Å². The maximum Gasteiger partial charge on any atom is 0.261 e. The summed E-state index contributed by atoms with van der Waals surface area (Å²) in [4.78, 5) is 12.7. The third kappa shape index (κ3) is 4.68. The maximum absolute atomic E-state index is 12.6. The lowest BCUT2D eigenvalue weighted by Gasteiger charge is -2.13. The van der Waals surface area contributed by atoms with E-state index in [-0.39, 0.29) is 16.1 Å². The summed E-state index contributed by atoms with van der Waals surface area (Å²) in [6.45, 7) is 0. The van der Waals surface area contributed by atoms with Crippen molar-refractivity contribution in [3.8, 4) is 0 Å². The number of amides is 1. The van der Waals surface area contributed by atoms with Gasteiger partial charge in [-0.25, -0.2) is 8.42 Å². The van der Waals surface area contributed by atoms with E-state index in [4.69, 9.17) is 11.6 Å². The molecule has 138 valence electrons. The summed E-state index contributed by atoms with van der Waals surface area (Å²) in [5.74, 6) is -0.475. The van der Waals surface area contributed by atoms with E-state index in [0.29, 0.717) is 10.7 Å².